The Hall–Kier alpha value is -2.12. The molecule has 0 spiro atoms. The number of nitrogens with one attached hydrogen (secondary N) is 1. The molecular formula is C20H25ClN4O2S. The number of hydrogen-bond acceptors (Lipinski definition) is 4. The zero-order chi connectivity index (χ0) is 20.1. The molecule has 1 unspecified atom stereocenters. The minimum atomic E-state index is -0.145. The van der Waals surface area contributed by atoms with Crippen molar-refractivity contribution in [3.63, 3.8) is 0 Å². The standard InChI is InChI=1S/C20H25ClN4O2S/c1-3-18-23-17(13-28-18)14(2)22-20(27)25-10-6-9-24(11-12-25)19(26)15-7-4-5-8-16(15)21/h4-5,7-8,13-14H,3,6,9-12H2,1-2H3,(H,22,27). The summed E-state index contributed by atoms with van der Waals surface area (Å²) in [5, 5.41) is 6.54. The molecule has 1 atom stereocenters. The van der Waals surface area contributed by atoms with Gasteiger partial charge in [-0.3, -0.25) is 4.79 Å². The summed E-state index contributed by atoms with van der Waals surface area (Å²) in [6, 6.07) is 6.80. The van der Waals surface area contributed by atoms with Gasteiger partial charge in [0.25, 0.3) is 5.91 Å². The zero-order valence-electron chi connectivity index (χ0n) is 16.2. The van der Waals surface area contributed by atoms with Crippen LogP contribution >= 0.6 is 22.9 Å². The summed E-state index contributed by atoms with van der Waals surface area (Å²) in [7, 11) is 0. The smallest absolute Gasteiger partial charge is 0.317 e. The van der Waals surface area contributed by atoms with Crippen molar-refractivity contribution in [2.45, 2.75) is 32.7 Å². The lowest BCUT2D eigenvalue weighted by molar-refractivity contribution is 0.0762. The highest BCUT2D eigenvalue weighted by Crippen LogP contribution is 2.19. The minimum absolute atomic E-state index is 0.0872. The minimum Gasteiger partial charge on any atom is -0.337 e. The van der Waals surface area contributed by atoms with Gasteiger partial charge >= 0.3 is 6.03 Å². The monoisotopic (exact) mass is 420 g/mol. The van der Waals surface area contributed by atoms with Gasteiger partial charge in [0.2, 0.25) is 0 Å². The number of benzene rings is 1. The fourth-order valence-electron chi connectivity index (χ4n) is 3.17. The Morgan fingerprint density at radius 2 is 1.93 bits per heavy atom. The summed E-state index contributed by atoms with van der Waals surface area (Å²) in [6.45, 7) is 6.21. The van der Waals surface area contributed by atoms with E-state index in [4.69, 9.17) is 11.6 Å². The molecule has 2 heterocycles. The molecule has 3 rings (SSSR count). The Morgan fingerprint density at radius 3 is 2.64 bits per heavy atom. The summed E-state index contributed by atoms with van der Waals surface area (Å²) in [5.41, 5.74) is 1.39. The van der Waals surface area contributed by atoms with E-state index in [-0.39, 0.29) is 18.0 Å². The Bertz CT molecular complexity index is 841. The van der Waals surface area contributed by atoms with Crippen molar-refractivity contribution in [1.29, 1.82) is 0 Å². The molecule has 0 saturated carbocycles. The molecule has 6 nitrogen and oxygen atoms in total. The number of nitrogens with zero attached hydrogens (tertiary/aromatic N) is 3. The van der Waals surface area contributed by atoms with Crippen molar-refractivity contribution in [1.82, 2.24) is 20.1 Å². The average molecular weight is 421 g/mol. The molecule has 8 heteroatoms. The average Bonchev–Trinajstić information content (AvgIpc) is 3.04. The van der Waals surface area contributed by atoms with Crippen LogP contribution in [0.5, 0.6) is 0 Å². The number of thiazole rings is 1. The number of amides is 3. The van der Waals surface area contributed by atoms with Crippen LogP contribution in [0.25, 0.3) is 0 Å². The number of carbonyl (C=O) groups is 2. The largest absolute Gasteiger partial charge is 0.337 e. The van der Waals surface area contributed by atoms with Crippen molar-refractivity contribution < 1.29 is 9.59 Å². The lowest BCUT2D eigenvalue weighted by atomic mass is 10.2. The Kier molecular flexibility index (Phi) is 6.91. The molecule has 0 aliphatic carbocycles. The first-order chi connectivity index (χ1) is 13.5. The van der Waals surface area contributed by atoms with Gasteiger partial charge in [-0.05, 0) is 31.9 Å². The maximum atomic E-state index is 12.8. The van der Waals surface area contributed by atoms with Crippen LogP contribution in [0.2, 0.25) is 5.02 Å². The van der Waals surface area contributed by atoms with E-state index in [2.05, 4.69) is 17.2 Å². The van der Waals surface area contributed by atoms with Crippen molar-refractivity contribution in [3.8, 4) is 0 Å². The van der Waals surface area contributed by atoms with Gasteiger partial charge in [0.05, 0.1) is 27.3 Å². The van der Waals surface area contributed by atoms with Crippen molar-refractivity contribution in [2.75, 3.05) is 26.2 Å². The van der Waals surface area contributed by atoms with Gasteiger partial charge in [-0.2, -0.15) is 0 Å². The lowest BCUT2D eigenvalue weighted by Crippen LogP contribution is -2.43. The van der Waals surface area contributed by atoms with Crippen LogP contribution < -0.4 is 5.32 Å². The first-order valence-corrected chi connectivity index (χ1v) is 10.8. The van der Waals surface area contributed by atoms with Gasteiger partial charge in [0.1, 0.15) is 0 Å². The van der Waals surface area contributed by atoms with E-state index in [0.29, 0.717) is 36.8 Å². The van der Waals surface area contributed by atoms with Crippen LogP contribution in [0.1, 0.15) is 47.4 Å². The highest BCUT2D eigenvalue weighted by Gasteiger charge is 2.25. The highest BCUT2D eigenvalue weighted by atomic mass is 35.5. The van der Waals surface area contributed by atoms with Crippen LogP contribution in [-0.4, -0.2) is 52.9 Å². The third-order valence-electron chi connectivity index (χ3n) is 4.83. The summed E-state index contributed by atoms with van der Waals surface area (Å²) >= 11 is 7.77. The van der Waals surface area contributed by atoms with Gasteiger partial charge in [-0.1, -0.05) is 30.7 Å². The van der Waals surface area contributed by atoms with E-state index in [0.717, 1.165) is 23.5 Å². The SMILES string of the molecule is CCc1nc(C(C)NC(=O)N2CCCN(C(=O)c3ccccc3Cl)CC2)cs1. The van der Waals surface area contributed by atoms with Crippen LogP contribution in [-0.2, 0) is 6.42 Å². The van der Waals surface area contributed by atoms with Gasteiger partial charge in [-0.15, -0.1) is 11.3 Å². The molecule has 1 N–H and O–H groups in total. The Labute approximate surface area is 174 Å². The van der Waals surface area contributed by atoms with Crippen LogP contribution in [0.4, 0.5) is 4.79 Å². The van der Waals surface area contributed by atoms with Gasteiger partial charge in [0.15, 0.2) is 0 Å². The lowest BCUT2D eigenvalue weighted by Gasteiger charge is -2.24. The Balaban J connectivity index is 1.57. The molecule has 150 valence electrons. The Morgan fingerprint density at radius 1 is 1.21 bits per heavy atom. The molecule has 1 saturated heterocycles. The van der Waals surface area contributed by atoms with E-state index in [1.54, 1.807) is 45.4 Å². The molecule has 28 heavy (non-hydrogen) atoms. The summed E-state index contributed by atoms with van der Waals surface area (Å²) in [5.74, 6) is -0.0872. The third-order valence-corrected chi connectivity index (χ3v) is 6.17. The summed E-state index contributed by atoms with van der Waals surface area (Å²) in [4.78, 5) is 33.5. The molecule has 1 aliphatic rings. The molecule has 1 fully saturated rings. The first-order valence-electron chi connectivity index (χ1n) is 9.53. The van der Waals surface area contributed by atoms with Crippen molar-refractivity contribution in [2.24, 2.45) is 0 Å². The molecule has 0 radical (unpaired) electrons. The predicted octanol–water partition coefficient (Wildman–Crippen LogP) is 3.98. The summed E-state index contributed by atoms with van der Waals surface area (Å²) in [6.07, 6.45) is 1.63. The maximum absolute atomic E-state index is 12.8. The fourth-order valence-corrected chi connectivity index (χ4v) is 4.22. The van der Waals surface area contributed by atoms with E-state index < -0.39 is 0 Å². The van der Waals surface area contributed by atoms with Crippen LogP contribution in [0.3, 0.4) is 0 Å². The van der Waals surface area contributed by atoms with Crippen LogP contribution in [0.15, 0.2) is 29.6 Å². The number of hydrogen-bond donors (Lipinski definition) is 1. The van der Waals surface area contributed by atoms with E-state index >= 15 is 0 Å². The summed E-state index contributed by atoms with van der Waals surface area (Å²) < 4.78 is 0. The van der Waals surface area contributed by atoms with Gasteiger partial charge in [0, 0.05) is 31.6 Å². The molecule has 3 amide bonds. The van der Waals surface area contributed by atoms with E-state index in [1.807, 2.05) is 12.3 Å². The molecule has 2 aromatic rings. The normalized spacial score (nSPS) is 15.8. The second kappa shape index (κ2) is 9.39. The second-order valence-electron chi connectivity index (χ2n) is 6.80. The molecule has 1 aromatic heterocycles. The maximum Gasteiger partial charge on any atom is 0.317 e. The number of halogens is 1. The zero-order valence-corrected chi connectivity index (χ0v) is 17.7. The van der Waals surface area contributed by atoms with E-state index in [1.165, 1.54) is 0 Å². The van der Waals surface area contributed by atoms with Crippen LogP contribution in [0, 0.1) is 0 Å². The molecule has 1 aromatic carbocycles. The predicted molar refractivity (Wildman–Crippen MR) is 112 cm³/mol. The topological polar surface area (TPSA) is 65.5 Å². The number of carbonyl (C=O) groups excluding carboxylic acids is 2. The second-order valence-corrected chi connectivity index (χ2v) is 8.15. The molecular weight excluding hydrogens is 396 g/mol. The molecule has 0 bridgehead atoms. The first kappa shape index (κ1) is 20.6. The third kappa shape index (κ3) is 4.83. The quantitative estimate of drug-likeness (QED) is 0.813. The van der Waals surface area contributed by atoms with Crippen molar-refractivity contribution in [3.05, 3.63) is 50.9 Å². The number of rotatable bonds is 4. The van der Waals surface area contributed by atoms with Gasteiger partial charge in [-0.25, -0.2) is 9.78 Å². The highest BCUT2D eigenvalue weighted by molar-refractivity contribution is 7.09. The fraction of sp³-hybridized carbons (Fsp3) is 0.450. The van der Waals surface area contributed by atoms with Crippen molar-refractivity contribution >= 4 is 34.9 Å². The van der Waals surface area contributed by atoms with Gasteiger partial charge < -0.3 is 15.1 Å². The number of aryl methyl sites for hydroxylation is 1. The number of aromatic nitrogens is 1. The number of urea groups is 1. The van der Waals surface area contributed by atoms with E-state index in [9.17, 15) is 9.59 Å². The molecule has 1 aliphatic heterocycles.